The van der Waals surface area contributed by atoms with Gasteiger partial charge in [-0.25, -0.2) is 0 Å². The number of carbonyl (C=O) groups excluding carboxylic acids is 1. The van der Waals surface area contributed by atoms with Gasteiger partial charge >= 0.3 is 0 Å². The molecule has 1 atom stereocenters. The van der Waals surface area contributed by atoms with Crippen LogP contribution in [-0.2, 0) is 0 Å². The molecule has 1 unspecified atom stereocenters. The number of benzene rings is 1. The van der Waals surface area contributed by atoms with Crippen molar-refractivity contribution in [2.75, 3.05) is 6.61 Å². The van der Waals surface area contributed by atoms with Crippen molar-refractivity contribution in [1.82, 2.24) is 5.32 Å². The maximum Gasteiger partial charge on any atom is 0.251 e. The van der Waals surface area contributed by atoms with Gasteiger partial charge in [-0.1, -0.05) is 13.8 Å². The van der Waals surface area contributed by atoms with E-state index in [9.17, 15) is 9.90 Å². The molecule has 4 heteroatoms. The van der Waals surface area contributed by atoms with Crippen LogP contribution in [0, 0.1) is 5.92 Å². The molecule has 1 aromatic rings. The van der Waals surface area contributed by atoms with E-state index >= 15 is 0 Å². The van der Waals surface area contributed by atoms with Gasteiger partial charge < -0.3 is 15.2 Å². The maximum absolute atomic E-state index is 12.1. The molecule has 0 heterocycles. The van der Waals surface area contributed by atoms with Crippen molar-refractivity contribution in [3.63, 3.8) is 0 Å². The largest absolute Gasteiger partial charge is 0.491 e. The summed E-state index contributed by atoms with van der Waals surface area (Å²) in [5.74, 6) is 1.01. The molecule has 1 aromatic carbocycles. The van der Waals surface area contributed by atoms with E-state index < -0.39 is 0 Å². The number of hydrogen-bond donors (Lipinski definition) is 2. The van der Waals surface area contributed by atoms with Crippen LogP contribution in [-0.4, -0.2) is 29.8 Å². The Hall–Kier alpha value is -1.55. The van der Waals surface area contributed by atoms with Crippen LogP contribution in [0.2, 0.25) is 0 Å². The lowest BCUT2D eigenvalue weighted by Crippen LogP contribution is -2.38. The van der Waals surface area contributed by atoms with Crippen LogP contribution >= 0.6 is 0 Å². The third kappa shape index (κ3) is 5.61. The van der Waals surface area contributed by atoms with Gasteiger partial charge in [0.25, 0.3) is 5.91 Å². The first-order valence-corrected chi connectivity index (χ1v) is 7.10. The highest BCUT2D eigenvalue weighted by molar-refractivity contribution is 5.94. The van der Waals surface area contributed by atoms with Crippen LogP contribution in [0.1, 0.15) is 44.5 Å². The molecule has 2 N–H and O–H groups in total. The van der Waals surface area contributed by atoms with E-state index in [-0.39, 0.29) is 24.7 Å². The summed E-state index contributed by atoms with van der Waals surface area (Å²) in [4.78, 5) is 12.1. The minimum Gasteiger partial charge on any atom is -0.491 e. The second kappa shape index (κ2) is 7.90. The minimum absolute atomic E-state index is 0.0432. The first-order chi connectivity index (χ1) is 9.42. The molecule has 0 aliphatic rings. The molecule has 0 radical (unpaired) electrons. The second-order valence-electron chi connectivity index (χ2n) is 5.67. The predicted molar refractivity (Wildman–Crippen MR) is 80.0 cm³/mol. The molecule has 0 aliphatic carbocycles. The molecule has 0 saturated carbocycles. The van der Waals surface area contributed by atoms with Crippen LogP contribution in [0.25, 0.3) is 0 Å². The Balaban J connectivity index is 2.62. The summed E-state index contributed by atoms with van der Waals surface area (Å²) in [6.07, 6.45) is 0.871. The summed E-state index contributed by atoms with van der Waals surface area (Å²) in [6, 6.07) is 6.83. The van der Waals surface area contributed by atoms with Crippen LogP contribution in [0.5, 0.6) is 5.75 Å². The molecular formula is C16H25NO3. The van der Waals surface area contributed by atoms with E-state index in [0.29, 0.717) is 11.5 Å². The van der Waals surface area contributed by atoms with Crippen LogP contribution in [0.15, 0.2) is 24.3 Å². The predicted octanol–water partition coefficient (Wildman–Crippen LogP) is 2.61. The molecule has 0 spiro atoms. The third-order valence-electron chi connectivity index (χ3n) is 2.80. The zero-order valence-electron chi connectivity index (χ0n) is 12.7. The molecular weight excluding hydrogens is 254 g/mol. The quantitative estimate of drug-likeness (QED) is 0.806. The fraction of sp³-hybridized carbons (Fsp3) is 0.562. The lowest BCUT2D eigenvalue weighted by molar-refractivity contribution is 0.0908. The van der Waals surface area contributed by atoms with Crippen molar-refractivity contribution >= 4 is 5.91 Å². The Bertz CT molecular complexity index is 412. The zero-order chi connectivity index (χ0) is 15.1. The minimum atomic E-state index is -0.200. The Labute approximate surface area is 121 Å². The Morgan fingerprint density at radius 1 is 1.20 bits per heavy atom. The molecule has 20 heavy (non-hydrogen) atoms. The molecule has 4 nitrogen and oxygen atoms in total. The highest BCUT2D eigenvalue weighted by Gasteiger charge is 2.14. The summed E-state index contributed by atoms with van der Waals surface area (Å²) in [5, 5.41) is 12.1. The molecule has 0 saturated heterocycles. The average Bonchev–Trinajstić information content (AvgIpc) is 2.37. The highest BCUT2D eigenvalue weighted by atomic mass is 16.5. The number of nitrogens with one attached hydrogen (secondary N) is 1. The first kappa shape index (κ1) is 16.5. The number of aliphatic hydroxyl groups excluding tert-OH is 1. The SMILES string of the molecule is CC(C)CC(CO)NC(=O)c1ccc(OC(C)C)cc1. The summed E-state index contributed by atoms with van der Waals surface area (Å²) in [7, 11) is 0. The lowest BCUT2D eigenvalue weighted by Gasteiger charge is -2.18. The van der Waals surface area contributed by atoms with Gasteiger partial charge in [-0.3, -0.25) is 4.79 Å². The van der Waals surface area contributed by atoms with Crippen molar-refractivity contribution in [2.24, 2.45) is 5.92 Å². The smallest absolute Gasteiger partial charge is 0.251 e. The summed E-state index contributed by atoms with van der Waals surface area (Å²) < 4.78 is 5.53. The molecule has 1 rings (SSSR count). The zero-order valence-corrected chi connectivity index (χ0v) is 12.7. The maximum atomic E-state index is 12.1. The van der Waals surface area contributed by atoms with Crippen LogP contribution < -0.4 is 10.1 Å². The third-order valence-corrected chi connectivity index (χ3v) is 2.80. The van der Waals surface area contributed by atoms with Gasteiger partial charge in [0.1, 0.15) is 5.75 Å². The fourth-order valence-corrected chi connectivity index (χ4v) is 1.97. The van der Waals surface area contributed by atoms with Gasteiger partial charge in [0, 0.05) is 5.56 Å². The van der Waals surface area contributed by atoms with Gasteiger partial charge in [-0.2, -0.15) is 0 Å². The van der Waals surface area contributed by atoms with E-state index in [1.54, 1.807) is 24.3 Å². The van der Waals surface area contributed by atoms with Crippen molar-refractivity contribution in [1.29, 1.82) is 0 Å². The van der Waals surface area contributed by atoms with E-state index in [1.807, 2.05) is 13.8 Å². The Kier molecular flexibility index (Phi) is 6.52. The molecule has 1 amide bonds. The van der Waals surface area contributed by atoms with Gasteiger partial charge in [-0.15, -0.1) is 0 Å². The van der Waals surface area contributed by atoms with Crippen molar-refractivity contribution < 1.29 is 14.6 Å². The van der Waals surface area contributed by atoms with Crippen LogP contribution in [0.3, 0.4) is 0 Å². The summed E-state index contributed by atoms with van der Waals surface area (Å²) in [5.41, 5.74) is 0.573. The molecule has 0 aliphatic heterocycles. The van der Waals surface area contributed by atoms with E-state index in [1.165, 1.54) is 0 Å². The monoisotopic (exact) mass is 279 g/mol. The fourth-order valence-electron chi connectivity index (χ4n) is 1.97. The average molecular weight is 279 g/mol. The highest BCUT2D eigenvalue weighted by Crippen LogP contribution is 2.14. The van der Waals surface area contributed by atoms with Gasteiger partial charge in [0.15, 0.2) is 0 Å². The lowest BCUT2D eigenvalue weighted by atomic mass is 10.0. The number of ether oxygens (including phenoxy) is 1. The number of aliphatic hydroxyl groups is 1. The Morgan fingerprint density at radius 3 is 2.25 bits per heavy atom. The van der Waals surface area contributed by atoms with E-state index in [2.05, 4.69) is 19.2 Å². The second-order valence-corrected chi connectivity index (χ2v) is 5.67. The van der Waals surface area contributed by atoms with Gasteiger partial charge in [-0.05, 0) is 50.5 Å². The number of carbonyl (C=O) groups is 1. The number of rotatable bonds is 7. The summed E-state index contributed by atoms with van der Waals surface area (Å²) in [6.45, 7) is 7.99. The normalized spacial score (nSPS) is 12.6. The van der Waals surface area contributed by atoms with Crippen molar-refractivity contribution in [2.45, 2.75) is 46.3 Å². The molecule has 0 bridgehead atoms. The molecule has 112 valence electrons. The molecule has 0 fully saturated rings. The van der Waals surface area contributed by atoms with Crippen molar-refractivity contribution in [3.8, 4) is 5.75 Å². The van der Waals surface area contributed by atoms with Gasteiger partial charge in [0.05, 0.1) is 18.8 Å². The van der Waals surface area contributed by atoms with Crippen molar-refractivity contribution in [3.05, 3.63) is 29.8 Å². The first-order valence-electron chi connectivity index (χ1n) is 7.10. The number of hydrogen-bond acceptors (Lipinski definition) is 3. The van der Waals surface area contributed by atoms with Gasteiger partial charge in [0.2, 0.25) is 0 Å². The number of amides is 1. The summed E-state index contributed by atoms with van der Waals surface area (Å²) >= 11 is 0. The molecule has 0 aromatic heterocycles. The Morgan fingerprint density at radius 2 is 1.80 bits per heavy atom. The topological polar surface area (TPSA) is 58.6 Å². The van der Waals surface area contributed by atoms with Crippen LogP contribution in [0.4, 0.5) is 0 Å². The van der Waals surface area contributed by atoms with E-state index in [0.717, 1.165) is 12.2 Å². The standard InChI is InChI=1S/C16H25NO3/c1-11(2)9-14(10-18)17-16(19)13-5-7-15(8-6-13)20-12(3)4/h5-8,11-12,14,18H,9-10H2,1-4H3,(H,17,19). The van der Waals surface area contributed by atoms with E-state index in [4.69, 9.17) is 4.74 Å².